The zero-order valence-electron chi connectivity index (χ0n) is 13.4. The van der Waals surface area contributed by atoms with Gasteiger partial charge in [-0.15, -0.1) is 0 Å². The first-order valence-corrected chi connectivity index (χ1v) is 8.40. The zero-order valence-corrected chi connectivity index (χ0v) is 13.4. The Labute approximate surface area is 137 Å². The van der Waals surface area contributed by atoms with Crippen molar-refractivity contribution in [3.8, 4) is 5.75 Å². The van der Waals surface area contributed by atoms with E-state index in [0.717, 1.165) is 37.2 Å². The van der Waals surface area contributed by atoms with Crippen molar-refractivity contribution in [3.05, 3.63) is 42.5 Å². The Hall–Kier alpha value is -2.07. The van der Waals surface area contributed by atoms with Gasteiger partial charge in [0.2, 0.25) is 0 Å². The molecule has 1 heterocycles. The lowest BCUT2D eigenvalue weighted by Gasteiger charge is -2.22. The number of amides is 1. The van der Waals surface area contributed by atoms with Crippen molar-refractivity contribution in [2.75, 3.05) is 26.2 Å². The number of carbonyl (C=O) groups excluding carboxylic acids is 1. The van der Waals surface area contributed by atoms with Crippen LogP contribution >= 0.6 is 0 Å². The third-order valence-electron chi connectivity index (χ3n) is 4.36. The number of fused-ring (bicyclic) bond motifs is 1. The number of hydrogen-bond donors (Lipinski definition) is 2. The minimum atomic E-state index is -0.0538. The van der Waals surface area contributed by atoms with Crippen LogP contribution in [-0.2, 0) is 4.79 Å². The van der Waals surface area contributed by atoms with E-state index in [9.17, 15) is 4.79 Å². The monoisotopic (exact) mass is 312 g/mol. The highest BCUT2D eigenvalue weighted by Crippen LogP contribution is 2.20. The predicted octanol–water partition coefficient (Wildman–Crippen LogP) is 2.72. The molecule has 0 spiro atoms. The molecule has 0 radical (unpaired) electrons. The smallest absolute Gasteiger partial charge is 0.257 e. The number of rotatable bonds is 6. The normalized spacial score (nSPS) is 17.8. The third-order valence-corrected chi connectivity index (χ3v) is 4.36. The van der Waals surface area contributed by atoms with Gasteiger partial charge in [0.25, 0.3) is 5.91 Å². The molecule has 4 nitrogen and oxygen atoms in total. The van der Waals surface area contributed by atoms with Crippen molar-refractivity contribution in [3.63, 3.8) is 0 Å². The maximum atomic E-state index is 11.9. The van der Waals surface area contributed by atoms with E-state index in [0.29, 0.717) is 5.92 Å². The van der Waals surface area contributed by atoms with Crippen LogP contribution in [-0.4, -0.2) is 32.1 Å². The fourth-order valence-electron chi connectivity index (χ4n) is 3.04. The van der Waals surface area contributed by atoms with Gasteiger partial charge in [-0.2, -0.15) is 0 Å². The second-order valence-corrected chi connectivity index (χ2v) is 6.15. The lowest BCUT2D eigenvalue weighted by Crippen LogP contribution is -2.34. The second kappa shape index (κ2) is 7.97. The molecule has 2 aromatic rings. The van der Waals surface area contributed by atoms with Crippen LogP contribution in [0, 0.1) is 5.92 Å². The lowest BCUT2D eigenvalue weighted by atomic mass is 9.96. The molecule has 0 saturated carbocycles. The molecule has 122 valence electrons. The third kappa shape index (κ3) is 4.70. The van der Waals surface area contributed by atoms with Crippen LogP contribution in [0.25, 0.3) is 10.8 Å². The van der Waals surface area contributed by atoms with E-state index in [1.54, 1.807) is 0 Å². The molecule has 0 bridgehead atoms. The largest absolute Gasteiger partial charge is 0.484 e. The minimum absolute atomic E-state index is 0.0538. The summed E-state index contributed by atoms with van der Waals surface area (Å²) in [7, 11) is 0. The zero-order chi connectivity index (χ0) is 15.9. The summed E-state index contributed by atoms with van der Waals surface area (Å²) in [5.74, 6) is 1.36. The fourth-order valence-corrected chi connectivity index (χ4v) is 3.04. The Balaban J connectivity index is 1.40. The molecule has 1 amide bonds. The Bertz CT molecular complexity index is 651. The predicted molar refractivity (Wildman–Crippen MR) is 92.7 cm³/mol. The number of hydrogen-bond acceptors (Lipinski definition) is 3. The average molecular weight is 312 g/mol. The number of piperidine rings is 1. The van der Waals surface area contributed by atoms with Crippen LogP contribution in [0.1, 0.15) is 19.3 Å². The summed E-state index contributed by atoms with van der Waals surface area (Å²) >= 11 is 0. The van der Waals surface area contributed by atoms with Crippen LogP contribution in [0.4, 0.5) is 0 Å². The average Bonchev–Trinajstić information content (AvgIpc) is 2.61. The Morgan fingerprint density at radius 2 is 2.09 bits per heavy atom. The van der Waals surface area contributed by atoms with E-state index in [4.69, 9.17) is 4.74 Å². The van der Waals surface area contributed by atoms with Gasteiger partial charge in [0.15, 0.2) is 6.61 Å². The van der Waals surface area contributed by atoms with Gasteiger partial charge in [-0.3, -0.25) is 4.79 Å². The first-order chi connectivity index (χ1) is 11.3. The summed E-state index contributed by atoms with van der Waals surface area (Å²) in [4.78, 5) is 11.9. The fraction of sp³-hybridized carbons (Fsp3) is 0.421. The van der Waals surface area contributed by atoms with E-state index in [2.05, 4.69) is 16.7 Å². The molecule has 1 saturated heterocycles. The Morgan fingerprint density at radius 3 is 2.91 bits per heavy atom. The van der Waals surface area contributed by atoms with E-state index >= 15 is 0 Å². The molecule has 4 heteroatoms. The van der Waals surface area contributed by atoms with Crippen molar-refractivity contribution in [2.24, 2.45) is 5.92 Å². The molecule has 0 aliphatic carbocycles. The highest BCUT2D eigenvalue weighted by Gasteiger charge is 2.12. The van der Waals surface area contributed by atoms with Gasteiger partial charge in [0.1, 0.15) is 5.75 Å². The molecule has 2 aromatic carbocycles. The minimum Gasteiger partial charge on any atom is -0.484 e. The van der Waals surface area contributed by atoms with Crippen LogP contribution in [0.2, 0.25) is 0 Å². The molecule has 1 atom stereocenters. The van der Waals surface area contributed by atoms with E-state index in [1.165, 1.54) is 18.2 Å². The molecular weight excluding hydrogens is 288 g/mol. The van der Waals surface area contributed by atoms with Crippen LogP contribution < -0.4 is 15.4 Å². The maximum absolute atomic E-state index is 11.9. The number of carbonyl (C=O) groups is 1. The standard InChI is InChI=1S/C19H24N2O2/c22-19(21-11-9-15-4-3-10-20-13-15)14-23-18-8-7-16-5-1-2-6-17(16)12-18/h1-2,5-8,12,15,20H,3-4,9-11,13-14H2,(H,21,22). The SMILES string of the molecule is O=C(COc1ccc2ccccc2c1)NCCC1CCCNC1. The summed E-state index contributed by atoms with van der Waals surface area (Å²) in [5.41, 5.74) is 0. The molecular formula is C19H24N2O2. The summed E-state index contributed by atoms with van der Waals surface area (Å²) in [6.07, 6.45) is 3.54. The molecule has 1 aliphatic heterocycles. The van der Waals surface area contributed by atoms with Crippen molar-refractivity contribution >= 4 is 16.7 Å². The van der Waals surface area contributed by atoms with Crippen LogP contribution in [0.15, 0.2) is 42.5 Å². The summed E-state index contributed by atoms with van der Waals surface area (Å²) in [6.45, 7) is 3.00. The molecule has 1 fully saturated rings. The van der Waals surface area contributed by atoms with Gasteiger partial charge < -0.3 is 15.4 Å². The number of benzene rings is 2. The Morgan fingerprint density at radius 1 is 1.22 bits per heavy atom. The molecule has 1 unspecified atom stereocenters. The van der Waals surface area contributed by atoms with Crippen LogP contribution in [0.3, 0.4) is 0 Å². The Kier molecular flexibility index (Phi) is 5.48. The summed E-state index contributed by atoms with van der Waals surface area (Å²) < 4.78 is 5.59. The number of ether oxygens (including phenoxy) is 1. The van der Waals surface area contributed by atoms with Crippen molar-refractivity contribution in [1.29, 1.82) is 0 Å². The first-order valence-electron chi connectivity index (χ1n) is 8.40. The van der Waals surface area contributed by atoms with Gasteiger partial charge in [0.05, 0.1) is 0 Å². The molecule has 23 heavy (non-hydrogen) atoms. The lowest BCUT2D eigenvalue weighted by molar-refractivity contribution is -0.123. The van der Waals surface area contributed by atoms with E-state index < -0.39 is 0 Å². The maximum Gasteiger partial charge on any atom is 0.257 e. The van der Waals surface area contributed by atoms with Gasteiger partial charge >= 0.3 is 0 Å². The first kappa shape index (κ1) is 15.8. The molecule has 2 N–H and O–H groups in total. The molecule has 3 rings (SSSR count). The highest BCUT2D eigenvalue weighted by atomic mass is 16.5. The summed E-state index contributed by atoms with van der Waals surface area (Å²) in [6, 6.07) is 14.0. The van der Waals surface area contributed by atoms with Crippen molar-refractivity contribution < 1.29 is 9.53 Å². The second-order valence-electron chi connectivity index (χ2n) is 6.15. The van der Waals surface area contributed by atoms with Crippen molar-refractivity contribution in [1.82, 2.24) is 10.6 Å². The van der Waals surface area contributed by atoms with Crippen LogP contribution in [0.5, 0.6) is 5.75 Å². The van der Waals surface area contributed by atoms with Gasteiger partial charge in [-0.05, 0) is 61.2 Å². The van der Waals surface area contributed by atoms with Crippen molar-refractivity contribution in [2.45, 2.75) is 19.3 Å². The van der Waals surface area contributed by atoms with E-state index in [1.807, 2.05) is 36.4 Å². The van der Waals surface area contributed by atoms with E-state index in [-0.39, 0.29) is 12.5 Å². The topological polar surface area (TPSA) is 50.4 Å². The van der Waals surface area contributed by atoms with Gasteiger partial charge in [-0.25, -0.2) is 0 Å². The quantitative estimate of drug-likeness (QED) is 0.862. The number of nitrogens with one attached hydrogen (secondary N) is 2. The van der Waals surface area contributed by atoms with Gasteiger partial charge in [-0.1, -0.05) is 30.3 Å². The highest BCUT2D eigenvalue weighted by molar-refractivity contribution is 5.84. The summed E-state index contributed by atoms with van der Waals surface area (Å²) in [5, 5.41) is 8.63. The molecule has 0 aromatic heterocycles. The van der Waals surface area contributed by atoms with Gasteiger partial charge in [0, 0.05) is 6.54 Å². The molecule has 1 aliphatic rings.